The van der Waals surface area contributed by atoms with E-state index in [0.717, 1.165) is 31.0 Å². The predicted molar refractivity (Wildman–Crippen MR) is 179 cm³/mol. The molecule has 0 bridgehead atoms. The van der Waals surface area contributed by atoms with Crippen molar-refractivity contribution in [1.29, 1.82) is 0 Å². The molecule has 0 saturated carbocycles. The maximum atomic E-state index is 14.5. The van der Waals surface area contributed by atoms with Crippen LogP contribution in [-0.4, -0.2) is 43.8 Å². The predicted octanol–water partition coefficient (Wildman–Crippen LogP) is 6.43. The standard InChI is InChI=1S/C35H38BrN3O4S/c1-25(2)37-35(41)33(22-28-12-7-5-8-13-28)38(23-29-14-11-15-30(36)21-29)34(40)24-39(31-19-18-26(3)27(4)20-31)44(42,43)32-16-9-6-10-17-32/h5-21,25,33H,22-24H2,1-4H3,(H,37,41). The van der Waals surface area contributed by atoms with E-state index in [2.05, 4.69) is 21.2 Å². The molecule has 1 unspecified atom stereocenters. The van der Waals surface area contributed by atoms with Crippen molar-refractivity contribution in [3.8, 4) is 0 Å². The van der Waals surface area contributed by atoms with E-state index >= 15 is 0 Å². The molecule has 0 fully saturated rings. The Bertz CT molecular complexity index is 1700. The largest absolute Gasteiger partial charge is 0.352 e. The highest BCUT2D eigenvalue weighted by atomic mass is 79.9. The summed E-state index contributed by atoms with van der Waals surface area (Å²) in [5.74, 6) is -0.807. The Labute approximate surface area is 269 Å². The van der Waals surface area contributed by atoms with Gasteiger partial charge in [0.05, 0.1) is 10.6 Å². The van der Waals surface area contributed by atoms with Gasteiger partial charge in [0.2, 0.25) is 11.8 Å². The Balaban J connectivity index is 1.82. The maximum Gasteiger partial charge on any atom is 0.264 e. The highest BCUT2D eigenvalue weighted by Gasteiger charge is 2.35. The molecule has 4 rings (SSSR count). The van der Waals surface area contributed by atoms with Crippen LogP contribution in [0.2, 0.25) is 0 Å². The van der Waals surface area contributed by atoms with Gasteiger partial charge in [0.25, 0.3) is 10.0 Å². The summed E-state index contributed by atoms with van der Waals surface area (Å²) in [7, 11) is -4.14. The minimum absolute atomic E-state index is 0.0722. The van der Waals surface area contributed by atoms with Crippen molar-refractivity contribution < 1.29 is 18.0 Å². The van der Waals surface area contributed by atoms with Gasteiger partial charge in [0.1, 0.15) is 12.6 Å². The van der Waals surface area contributed by atoms with Gasteiger partial charge in [-0.15, -0.1) is 0 Å². The molecule has 0 saturated heterocycles. The molecule has 4 aromatic carbocycles. The van der Waals surface area contributed by atoms with Crippen molar-refractivity contribution in [2.45, 2.75) is 57.6 Å². The highest BCUT2D eigenvalue weighted by Crippen LogP contribution is 2.27. The lowest BCUT2D eigenvalue weighted by atomic mass is 10.0. The van der Waals surface area contributed by atoms with Crippen LogP contribution in [0.4, 0.5) is 5.69 Å². The van der Waals surface area contributed by atoms with Gasteiger partial charge in [-0.25, -0.2) is 8.42 Å². The second-order valence-corrected chi connectivity index (χ2v) is 13.9. The van der Waals surface area contributed by atoms with Gasteiger partial charge in [0, 0.05) is 23.5 Å². The number of halogens is 1. The third-order valence-electron chi connectivity index (χ3n) is 7.33. The van der Waals surface area contributed by atoms with Crippen molar-refractivity contribution >= 4 is 43.5 Å². The first-order valence-corrected chi connectivity index (χ1v) is 16.7. The van der Waals surface area contributed by atoms with Gasteiger partial charge >= 0.3 is 0 Å². The molecule has 230 valence electrons. The molecule has 0 heterocycles. The second-order valence-electron chi connectivity index (χ2n) is 11.1. The Morgan fingerprint density at radius 2 is 1.43 bits per heavy atom. The molecule has 1 N–H and O–H groups in total. The zero-order chi connectivity index (χ0) is 31.9. The van der Waals surface area contributed by atoms with Crippen LogP contribution in [0.15, 0.2) is 112 Å². The number of nitrogens with one attached hydrogen (secondary N) is 1. The summed E-state index contributed by atoms with van der Waals surface area (Å²) in [6.45, 7) is 7.19. The van der Waals surface area contributed by atoms with Crippen molar-refractivity contribution in [3.63, 3.8) is 0 Å². The Kier molecular flexibility index (Phi) is 11.0. The molecule has 0 radical (unpaired) electrons. The summed E-state index contributed by atoms with van der Waals surface area (Å²) in [6.07, 6.45) is 0.258. The molecule has 0 aromatic heterocycles. The van der Waals surface area contributed by atoms with E-state index in [4.69, 9.17) is 0 Å². The topological polar surface area (TPSA) is 86.8 Å². The molecule has 44 heavy (non-hydrogen) atoms. The normalized spacial score (nSPS) is 12.0. The molecule has 0 spiro atoms. The lowest BCUT2D eigenvalue weighted by Crippen LogP contribution is -2.54. The number of carbonyl (C=O) groups excluding carboxylic acids is 2. The molecule has 0 aliphatic heterocycles. The van der Waals surface area contributed by atoms with Crippen LogP contribution in [0.25, 0.3) is 0 Å². The summed E-state index contributed by atoms with van der Waals surface area (Å²) < 4.78 is 30.2. The lowest BCUT2D eigenvalue weighted by molar-refractivity contribution is -0.140. The van der Waals surface area contributed by atoms with Crippen molar-refractivity contribution in [2.24, 2.45) is 0 Å². The average Bonchev–Trinajstić information content (AvgIpc) is 2.99. The molecule has 7 nitrogen and oxygen atoms in total. The fourth-order valence-electron chi connectivity index (χ4n) is 4.90. The quantitative estimate of drug-likeness (QED) is 0.188. The summed E-state index contributed by atoms with van der Waals surface area (Å²) in [5.41, 5.74) is 3.95. The number of hydrogen-bond acceptors (Lipinski definition) is 4. The summed E-state index contributed by atoms with van der Waals surface area (Å²) in [4.78, 5) is 29.8. The van der Waals surface area contributed by atoms with Gasteiger partial charge in [-0.05, 0) is 86.3 Å². The zero-order valence-corrected chi connectivity index (χ0v) is 27.8. The zero-order valence-electron chi connectivity index (χ0n) is 25.4. The van der Waals surface area contributed by atoms with E-state index in [1.807, 2.05) is 88.4 Å². The second kappa shape index (κ2) is 14.7. The van der Waals surface area contributed by atoms with Crippen LogP contribution in [0.5, 0.6) is 0 Å². The summed E-state index contributed by atoms with van der Waals surface area (Å²) in [5, 5.41) is 2.98. The summed E-state index contributed by atoms with van der Waals surface area (Å²) >= 11 is 3.51. The van der Waals surface area contributed by atoms with Crippen LogP contribution in [-0.2, 0) is 32.6 Å². The number of hydrogen-bond donors (Lipinski definition) is 1. The molecule has 0 aliphatic rings. The molecular formula is C35H38BrN3O4S. The number of anilines is 1. The minimum Gasteiger partial charge on any atom is -0.352 e. The van der Waals surface area contributed by atoms with Gasteiger partial charge in [-0.3, -0.25) is 13.9 Å². The number of sulfonamides is 1. The highest BCUT2D eigenvalue weighted by molar-refractivity contribution is 9.10. The van der Waals surface area contributed by atoms with Crippen molar-refractivity contribution in [2.75, 3.05) is 10.8 Å². The lowest BCUT2D eigenvalue weighted by Gasteiger charge is -2.34. The fourth-order valence-corrected chi connectivity index (χ4v) is 6.77. The number of carbonyl (C=O) groups is 2. The number of amides is 2. The fraction of sp³-hybridized carbons (Fsp3) is 0.257. The van der Waals surface area contributed by atoms with Crippen molar-refractivity contribution in [3.05, 3.63) is 130 Å². The van der Waals surface area contributed by atoms with Crippen LogP contribution in [0, 0.1) is 13.8 Å². The Morgan fingerprint density at radius 1 is 0.795 bits per heavy atom. The number of nitrogens with zero attached hydrogens (tertiary/aromatic N) is 2. The van der Waals surface area contributed by atoms with E-state index < -0.39 is 28.5 Å². The Hall–Kier alpha value is -3.95. The first-order valence-electron chi connectivity index (χ1n) is 14.5. The third kappa shape index (κ3) is 8.36. The molecule has 2 amide bonds. The van der Waals surface area contributed by atoms with Gasteiger partial charge in [-0.2, -0.15) is 0 Å². The van der Waals surface area contributed by atoms with E-state index in [1.165, 1.54) is 17.0 Å². The van der Waals surface area contributed by atoms with E-state index in [9.17, 15) is 18.0 Å². The third-order valence-corrected chi connectivity index (χ3v) is 9.61. The smallest absolute Gasteiger partial charge is 0.264 e. The first kappa shape index (κ1) is 33.0. The van der Waals surface area contributed by atoms with Crippen LogP contribution >= 0.6 is 15.9 Å². The molecular weight excluding hydrogens is 638 g/mol. The van der Waals surface area contributed by atoms with Crippen LogP contribution in [0.1, 0.15) is 36.1 Å². The van der Waals surface area contributed by atoms with Crippen LogP contribution in [0.3, 0.4) is 0 Å². The minimum atomic E-state index is -4.14. The molecule has 4 aromatic rings. The van der Waals surface area contributed by atoms with Gasteiger partial charge in [0.15, 0.2) is 0 Å². The summed E-state index contributed by atoms with van der Waals surface area (Å²) in [6, 6.07) is 29.4. The molecule has 9 heteroatoms. The van der Waals surface area contributed by atoms with Crippen molar-refractivity contribution in [1.82, 2.24) is 10.2 Å². The van der Waals surface area contributed by atoms with Crippen LogP contribution < -0.4 is 9.62 Å². The van der Waals surface area contributed by atoms with Gasteiger partial charge in [-0.1, -0.05) is 82.7 Å². The van der Waals surface area contributed by atoms with E-state index in [-0.39, 0.29) is 29.8 Å². The maximum absolute atomic E-state index is 14.5. The Morgan fingerprint density at radius 3 is 2.05 bits per heavy atom. The monoisotopic (exact) mass is 675 g/mol. The van der Waals surface area contributed by atoms with Gasteiger partial charge < -0.3 is 10.2 Å². The average molecular weight is 677 g/mol. The number of rotatable bonds is 12. The number of benzene rings is 4. The molecule has 0 aliphatic carbocycles. The van der Waals surface area contributed by atoms with E-state index in [1.54, 1.807) is 30.3 Å². The first-order chi connectivity index (χ1) is 21.0. The molecule has 1 atom stereocenters. The number of aryl methyl sites for hydroxylation is 2. The van der Waals surface area contributed by atoms with E-state index in [0.29, 0.717) is 5.69 Å². The SMILES string of the molecule is Cc1ccc(N(CC(=O)N(Cc2cccc(Br)c2)C(Cc2ccccc2)C(=O)NC(C)C)S(=O)(=O)c2ccccc2)cc1C.